The Morgan fingerprint density at radius 2 is 1.79 bits per heavy atom. The van der Waals surface area contributed by atoms with Crippen LogP contribution in [0.3, 0.4) is 0 Å². The van der Waals surface area contributed by atoms with Gasteiger partial charge in [-0.2, -0.15) is 0 Å². The summed E-state index contributed by atoms with van der Waals surface area (Å²) in [5.41, 5.74) is 0.463. The highest BCUT2D eigenvalue weighted by atomic mass is 32.2. The zero-order valence-corrected chi connectivity index (χ0v) is 17.8. The Morgan fingerprint density at radius 1 is 1.14 bits per heavy atom. The van der Waals surface area contributed by atoms with Crippen molar-refractivity contribution >= 4 is 33.4 Å². The van der Waals surface area contributed by atoms with Crippen molar-refractivity contribution in [3.8, 4) is 11.5 Å². The summed E-state index contributed by atoms with van der Waals surface area (Å²) in [7, 11) is -2.19. The van der Waals surface area contributed by atoms with Crippen molar-refractivity contribution in [2.24, 2.45) is 0 Å². The summed E-state index contributed by atoms with van der Waals surface area (Å²) in [5, 5.41) is 2.66. The number of rotatable bonds is 9. The van der Waals surface area contributed by atoms with Gasteiger partial charge in [0.2, 0.25) is 15.9 Å². The molecule has 0 fully saturated rings. The minimum absolute atomic E-state index is 0.0744. The number of hydrogen-bond acceptors (Lipinski definition) is 6. The van der Waals surface area contributed by atoms with Crippen LogP contribution in [0.15, 0.2) is 52.3 Å². The molecule has 2 N–H and O–H groups in total. The van der Waals surface area contributed by atoms with E-state index in [1.807, 2.05) is 6.26 Å². The summed E-state index contributed by atoms with van der Waals surface area (Å²) < 4.78 is 38.6. The van der Waals surface area contributed by atoms with Gasteiger partial charge in [-0.05, 0) is 55.6 Å². The Labute approximate surface area is 169 Å². The normalized spacial score (nSPS) is 12.3. The molecule has 0 radical (unpaired) electrons. The molecule has 0 aromatic heterocycles. The van der Waals surface area contributed by atoms with E-state index in [0.717, 1.165) is 4.90 Å². The van der Waals surface area contributed by atoms with E-state index in [9.17, 15) is 13.2 Å². The molecule has 2 aromatic carbocycles. The fourth-order valence-electron chi connectivity index (χ4n) is 2.40. The summed E-state index contributed by atoms with van der Waals surface area (Å²) in [6, 6.07) is 11.2. The molecule has 0 aliphatic heterocycles. The van der Waals surface area contributed by atoms with Crippen LogP contribution >= 0.6 is 11.8 Å². The van der Waals surface area contributed by atoms with Gasteiger partial charge in [-0.3, -0.25) is 4.79 Å². The van der Waals surface area contributed by atoms with Crippen LogP contribution in [0.5, 0.6) is 11.5 Å². The van der Waals surface area contributed by atoms with Gasteiger partial charge in [-0.15, -0.1) is 11.8 Å². The van der Waals surface area contributed by atoms with Gasteiger partial charge < -0.3 is 14.8 Å². The Morgan fingerprint density at radius 3 is 2.36 bits per heavy atom. The minimum atomic E-state index is -3.77. The highest BCUT2D eigenvalue weighted by Gasteiger charge is 2.19. The number of nitrogens with one attached hydrogen (secondary N) is 2. The molecule has 0 saturated carbocycles. The number of hydrogen-bond donors (Lipinski definition) is 2. The third-order valence-electron chi connectivity index (χ3n) is 3.71. The standard InChI is InChI=1S/C19H24N2O5S2/c1-13(12-26-16-7-5-15(25-3)6-8-16)21-28(23,24)17-9-10-19(27-4)18(11-17)20-14(2)22/h5-11,13,21H,12H2,1-4H3,(H,20,22)/t13-/m1/s1. The van der Waals surface area contributed by atoms with E-state index in [2.05, 4.69) is 10.0 Å². The van der Waals surface area contributed by atoms with Crippen LogP contribution in [0.25, 0.3) is 0 Å². The first-order valence-corrected chi connectivity index (χ1v) is 11.2. The van der Waals surface area contributed by atoms with Crippen molar-refractivity contribution in [3.63, 3.8) is 0 Å². The molecule has 0 aliphatic carbocycles. The monoisotopic (exact) mass is 424 g/mol. The van der Waals surface area contributed by atoms with E-state index >= 15 is 0 Å². The van der Waals surface area contributed by atoms with Crippen LogP contribution in [0.4, 0.5) is 5.69 Å². The predicted octanol–water partition coefficient (Wildman–Crippen LogP) is 3.12. The lowest BCUT2D eigenvalue weighted by Crippen LogP contribution is -2.36. The zero-order valence-electron chi connectivity index (χ0n) is 16.2. The molecule has 0 aliphatic rings. The average molecular weight is 425 g/mol. The molecule has 1 atom stereocenters. The van der Waals surface area contributed by atoms with Gasteiger partial charge in [-0.1, -0.05) is 0 Å². The van der Waals surface area contributed by atoms with Crippen LogP contribution in [-0.4, -0.2) is 40.3 Å². The first-order valence-electron chi connectivity index (χ1n) is 8.50. The van der Waals surface area contributed by atoms with Crippen LogP contribution < -0.4 is 19.5 Å². The second-order valence-electron chi connectivity index (χ2n) is 6.05. The van der Waals surface area contributed by atoms with Gasteiger partial charge >= 0.3 is 0 Å². The largest absolute Gasteiger partial charge is 0.497 e. The number of anilines is 1. The first kappa shape index (κ1) is 22.1. The van der Waals surface area contributed by atoms with E-state index < -0.39 is 16.1 Å². The second-order valence-corrected chi connectivity index (χ2v) is 8.61. The fourth-order valence-corrected chi connectivity index (χ4v) is 4.19. The Bertz CT molecular complexity index is 914. The molecule has 152 valence electrons. The molecule has 7 nitrogen and oxygen atoms in total. The maximum absolute atomic E-state index is 12.7. The molecular weight excluding hydrogens is 400 g/mol. The smallest absolute Gasteiger partial charge is 0.241 e. The summed E-state index contributed by atoms with van der Waals surface area (Å²) in [6.45, 7) is 3.25. The fraction of sp³-hybridized carbons (Fsp3) is 0.316. The molecule has 0 bridgehead atoms. The Balaban J connectivity index is 2.06. The minimum Gasteiger partial charge on any atom is -0.497 e. The number of sulfonamides is 1. The van der Waals surface area contributed by atoms with Crippen LogP contribution in [0.1, 0.15) is 13.8 Å². The number of methoxy groups -OCH3 is 1. The maximum atomic E-state index is 12.7. The Hall–Kier alpha value is -2.23. The van der Waals surface area contributed by atoms with Crippen molar-refractivity contribution in [2.75, 3.05) is 25.3 Å². The summed E-state index contributed by atoms with van der Waals surface area (Å²) in [5.74, 6) is 1.06. The third-order valence-corrected chi connectivity index (χ3v) is 6.09. The van der Waals surface area contributed by atoms with Crippen LogP contribution in [0.2, 0.25) is 0 Å². The van der Waals surface area contributed by atoms with Crippen molar-refractivity contribution in [1.29, 1.82) is 0 Å². The maximum Gasteiger partial charge on any atom is 0.241 e. The van der Waals surface area contributed by atoms with Gasteiger partial charge in [0.15, 0.2) is 0 Å². The van der Waals surface area contributed by atoms with E-state index in [-0.39, 0.29) is 17.4 Å². The van der Waals surface area contributed by atoms with Crippen molar-refractivity contribution in [1.82, 2.24) is 4.72 Å². The van der Waals surface area contributed by atoms with Crippen LogP contribution in [0, 0.1) is 0 Å². The van der Waals surface area contributed by atoms with Gasteiger partial charge in [-0.25, -0.2) is 13.1 Å². The molecule has 0 spiro atoms. The summed E-state index contributed by atoms with van der Waals surface area (Å²) >= 11 is 1.42. The molecule has 28 heavy (non-hydrogen) atoms. The van der Waals surface area contributed by atoms with Gasteiger partial charge in [0.1, 0.15) is 18.1 Å². The molecule has 0 heterocycles. The highest BCUT2D eigenvalue weighted by molar-refractivity contribution is 7.98. The van der Waals surface area contributed by atoms with E-state index in [0.29, 0.717) is 17.2 Å². The lowest BCUT2D eigenvalue weighted by atomic mass is 10.3. The number of carbonyl (C=O) groups excluding carboxylic acids is 1. The molecule has 9 heteroatoms. The van der Waals surface area contributed by atoms with E-state index in [1.54, 1.807) is 44.4 Å². The quantitative estimate of drug-likeness (QED) is 0.601. The SMILES string of the molecule is COc1ccc(OC[C@@H](C)NS(=O)(=O)c2ccc(SC)c(NC(C)=O)c2)cc1. The van der Waals surface area contributed by atoms with Gasteiger partial charge in [0.05, 0.1) is 23.7 Å². The molecular formula is C19H24N2O5S2. The zero-order chi connectivity index (χ0) is 20.7. The molecule has 2 rings (SSSR count). The van der Waals surface area contributed by atoms with Crippen LogP contribution in [-0.2, 0) is 14.8 Å². The van der Waals surface area contributed by atoms with E-state index in [4.69, 9.17) is 9.47 Å². The number of thioether (sulfide) groups is 1. The highest BCUT2D eigenvalue weighted by Crippen LogP contribution is 2.28. The van der Waals surface area contributed by atoms with Crippen molar-refractivity contribution in [2.45, 2.75) is 29.7 Å². The number of benzene rings is 2. The van der Waals surface area contributed by atoms with Gasteiger partial charge in [0, 0.05) is 11.8 Å². The molecule has 2 aromatic rings. The summed E-state index contributed by atoms with van der Waals surface area (Å²) in [4.78, 5) is 12.2. The Kier molecular flexibility index (Phi) is 7.73. The average Bonchev–Trinajstić information content (AvgIpc) is 2.66. The van der Waals surface area contributed by atoms with Gasteiger partial charge in [0.25, 0.3) is 0 Å². The summed E-state index contributed by atoms with van der Waals surface area (Å²) in [6.07, 6.45) is 1.85. The molecule has 0 unspecified atom stereocenters. The topological polar surface area (TPSA) is 93.7 Å². The first-order chi connectivity index (χ1) is 13.2. The van der Waals surface area contributed by atoms with Crippen molar-refractivity contribution < 1.29 is 22.7 Å². The number of ether oxygens (including phenoxy) is 2. The molecule has 1 amide bonds. The number of carbonyl (C=O) groups is 1. The number of amides is 1. The molecule has 0 saturated heterocycles. The predicted molar refractivity (Wildman–Crippen MR) is 111 cm³/mol. The van der Waals surface area contributed by atoms with E-state index in [1.165, 1.54) is 30.8 Å². The van der Waals surface area contributed by atoms with Crippen molar-refractivity contribution in [3.05, 3.63) is 42.5 Å². The third kappa shape index (κ3) is 6.15. The lowest BCUT2D eigenvalue weighted by Gasteiger charge is -2.16. The lowest BCUT2D eigenvalue weighted by molar-refractivity contribution is -0.114. The second kappa shape index (κ2) is 9.81.